The third kappa shape index (κ3) is 4.61. The van der Waals surface area contributed by atoms with Crippen LogP contribution in [0.15, 0.2) is 24.3 Å². The van der Waals surface area contributed by atoms with Gasteiger partial charge in [0.15, 0.2) is 5.92 Å². The summed E-state index contributed by atoms with van der Waals surface area (Å²) in [5.74, 6) is -3.14. The van der Waals surface area contributed by atoms with E-state index in [0.717, 1.165) is 12.1 Å². The summed E-state index contributed by atoms with van der Waals surface area (Å²) in [6, 6.07) is 4.16. The monoisotopic (exact) mass is 299 g/mol. The van der Waals surface area contributed by atoms with Crippen molar-refractivity contribution in [3.05, 3.63) is 29.8 Å². The molecule has 0 heterocycles. The SMILES string of the molecule is CC(C)CNc1ccc(C(C(F)(F)F)C(F)(F)F)cc1. The van der Waals surface area contributed by atoms with Crippen LogP contribution in [0.5, 0.6) is 0 Å². The highest BCUT2D eigenvalue weighted by Gasteiger charge is 2.57. The molecule has 1 N–H and O–H groups in total. The van der Waals surface area contributed by atoms with Crippen LogP contribution in [0.1, 0.15) is 25.3 Å². The Bertz CT molecular complexity index is 404. The Morgan fingerprint density at radius 2 is 1.35 bits per heavy atom. The zero-order chi connectivity index (χ0) is 15.6. The molecule has 0 aliphatic carbocycles. The number of anilines is 1. The average molecular weight is 299 g/mol. The molecule has 0 bridgehead atoms. The highest BCUT2D eigenvalue weighted by atomic mass is 19.4. The Labute approximate surface area is 113 Å². The van der Waals surface area contributed by atoms with Gasteiger partial charge in [0, 0.05) is 12.2 Å². The van der Waals surface area contributed by atoms with Gasteiger partial charge in [-0.3, -0.25) is 0 Å². The van der Waals surface area contributed by atoms with Crippen LogP contribution in [0.3, 0.4) is 0 Å². The minimum Gasteiger partial charge on any atom is -0.385 e. The predicted molar refractivity (Wildman–Crippen MR) is 64.6 cm³/mol. The summed E-state index contributed by atoms with van der Waals surface area (Å²) in [6.07, 6.45) is -10.7. The van der Waals surface area contributed by atoms with E-state index < -0.39 is 23.8 Å². The fourth-order valence-electron chi connectivity index (χ4n) is 1.68. The molecular formula is C13H15F6N. The van der Waals surface area contributed by atoms with Crippen molar-refractivity contribution in [2.75, 3.05) is 11.9 Å². The van der Waals surface area contributed by atoms with Gasteiger partial charge in [0.1, 0.15) is 0 Å². The molecule has 1 rings (SSSR count). The summed E-state index contributed by atoms with van der Waals surface area (Å²) >= 11 is 0. The van der Waals surface area contributed by atoms with Crippen LogP contribution in [0.4, 0.5) is 32.0 Å². The molecular weight excluding hydrogens is 284 g/mol. The molecule has 0 saturated carbocycles. The second-order valence-electron chi connectivity index (χ2n) is 4.91. The first-order valence-corrected chi connectivity index (χ1v) is 5.99. The van der Waals surface area contributed by atoms with Crippen molar-refractivity contribution in [1.82, 2.24) is 0 Å². The molecule has 20 heavy (non-hydrogen) atoms. The maximum atomic E-state index is 12.5. The Morgan fingerprint density at radius 1 is 0.900 bits per heavy atom. The van der Waals surface area contributed by atoms with Crippen LogP contribution in [-0.2, 0) is 0 Å². The molecule has 0 atom stereocenters. The zero-order valence-electron chi connectivity index (χ0n) is 10.9. The molecule has 0 aliphatic rings. The van der Waals surface area contributed by atoms with Gasteiger partial charge in [0.2, 0.25) is 0 Å². The Kier molecular flexibility index (Phi) is 4.94. The lowest BCUT2D eigenvalue weighted by molar-refractivity contribution is -0.253. The minimum absolute atomic E-state index is 0.313. The van der Waals surface area contributed by atoms with E-state index in [-0.39, 0.29) is 0 Å². The molecule has 0 unspecified atom stereocenters. The van der Waals surface area contributed by atoms with Crippen molar-refractivity contribution in [2.45, 2.75) is 32.1 Å². The van der Waals surface area contributed by atoms with Crippen molar-refractivity contribution >= 4 is 5.69 Å². The van der Waals surface area contributed by atoms with Crippen LogP contribution in [0.2, 0.25) is 0 Å². The van der Waals surface area contributed by atoms with Crippen molar-refractivity contribution in [3.63, 3.8) is 0 Å². The number of alkyl halides is 6. The second kappa shape index (κ2) is 5.93. The normalized spacial score (nSPS) is 13.1. The largest absolute Gasteiger partial charge is 0.404 e. The number of benzene rings is 1. The van der Waals surface area contributed by atoms with Gasteiger partial charge >= 0.3 is 12.4 Å². The van der Waals surface area contributed by atoms with Crippen LogP contribution >= 0.6 is 0 Å². The third-order valence-electron chi connectivity index (χ3n) is 2.61. The first-order chi connectivity index (χ1) is 9.01. The van der Waals surface area contributed by atoms with E-state index in [1.165, 1.54) is 12.1 Å². The minimum atomic E-state index is -5.36. The molecule has 0 saturated heterocycles. The standard InChI is InChI=1S/C13H15F6N/c1-8(2)7-20-10-5-3-9(4-6-10)11(12(14,15)16)13(17,18)19/h3-6,8,11,20H,7H2,1-2H3. The van der Waals surface area contributed by atoms with E-state index >= 15 is 0 Å². The molecule has 1 aromatic rings. The fourth-order valence-corrected chi connectivity index (χ4v) is 1.68. The van der Waals surface area contributed by atoms with E-state index in [2.05, 4.69) is 5.32 Å². The van der Waals surface area contributed by atoms with Gasteiger partial charge in [-0.15, -0.1) is 0 Å². The van der Waals surface area contributed by atoms with Crippen molar-refractivity contribution in [1.29, 1.82) is 0 Å². The highest BCUT2D eigenvalue weighted by molar-refractivity contribution is 5.45. The average Bonchev–Trinajstić information content (AvgIpc) is 2.24. The highest BCUT2D eigenvalue weighted by Crippen LogP contribution is 2.46. The lowest BCUT2D eigenvalue weighted by atomic mass is 9.97. The van der Waals surface area contributed by atoms with Gasteiger partial charge in [-0.05, 0) is 23.6 Å². The summed E-state index contributed by atoms with van der Waals surface area (Å²) in [6.45, 7) is 4.46. The van der Waals surface area contributed by atoms with Crippen molar-refractivity contribution in [3.8, 4) is 0 Å². The summed E-state index contributed by atoms with van der Waals surface area (Å²) in [5, 5.41) is 2.93. The Morgan fingerprint density at radius 3 is 1.70 bits per heavy atom. The summed E-state index contributed by atoms with van der Waals surface area (Å²) < 4.78 is 75.1. The van der Waals surface area contributed by atoms with Gasteiger partial charge in [0.05, 0.1) is 0 Å². The number of nitrogens with one attached hydrogen (secondary N) is 1. The number of hydrogen-bond acceptors (Lipinski definition) is 1. The molecule has 0 aromatic heterocycles. The first-order valence-electron chi connectivity index (χ1n) is 5.99. The van der Waals surface area contributed by atoms with Crippen molar-refractivity contribution in [2.24, 2.45) is 5.92 Å². The third-order valence-corrected chi connectivity index (χ3v) is 2.61. The van der Waals surface area contributed by atoms with E-state index in [9.17, 15) is 26.3 Å². The number of hydrogen-bond donors (Lipinski definition) is 1. The number of rotatable bonds is 4. The van der Waals surface area contributed by atoms with Gasteiger partial charge in [-0.2, -0.15) is 26.3 Å². The summed E-state index contributed by atoms with van der Waals surface area (Å²) in [4.78, 5) is 0. The van der Waals surface area contributed by atoms with Crippen LogP contribution < -0.4 is 5.32 Å². The van der Waals surface area contributed by atoms with Crippen LogP contribution in [-0.4, -0.2) is 18.9 Å². The maximum absolute atomic E-state index is 12.5. The topological polar surface area (TPSA) is 12.0 Å². The molecule has 1 aromatic carbocycles. The van der Waals surface area contributed by atoms with Gasteiger partial charge in [0.25, 0.3) is 0 Å². The molecule has 0 radical (unpaired) electrons. The zero-order valence-corrected chi connectivity index (χ0v) is 10.9. The van der Waals surface area contributed by atoms with Gasteiger partial charge in [-0.25, -0.2) is 0 Å². The smallest absolute Gasteiger partial charge is 0.385 e. The van der Waals surface area contributed by atoms with Crippen molar-refractivity contribution < 1.29 is 26.3 Å². The lowest BCUT2D eigenvalue weighted by Gasteiger charge is -2.23. The molecule has 0 amide bonds. The van der Waals surface area contributed by atoms with Crippen LogP contribution in [0.25, 0.3) is 0 Å². The van der Waals surface area contributed by atoms with E-state index in [0.29, 0.717) is 18.2 Å². The first kappa shape index (κ1) is 16.7. The lowest BCUT2D eigenvalue weighted by Crippen LogP contribution is -2.34. The predicted octanol–water partition coefficient (Wildman–Crippen LogP) is 4.96. The Balaban J connectivity index is 2.95. The maximum Gasteiger partial charge on any atom is 0.404 e. The molecule has 7 heteroatoms. The molecule has 0 fully saturated rings. The van der Waals surface area contributed by atoms with Gasteiger partial charge < -0.3 is 5.32 Å². The Hall–Kier alpha value is -1.40. The molecule has 114 valence electrons. The van der Waals surface area contributed by atoms with Crippen LogP contribution in [0, 0.1) is 5.92 Å². The fraction of sp³-hybridized carbons (Fsp3) is 0.538. The molecule has 0 spiro atoms. The summed E-state index contributed by atoms with van der Waals surface area (Å²) in [7, 11) is 0. The van der Waals surface area contributed by atoms with E-state index in [1.807, 2.05) is 13.8 Å². The second-order valence-corrected chi connectivity index (χ2v) is 4.91. The van der Waals surface area contributed by atoms with E-state index in [1.54, 1.807) is 0 Å². The van der Waals surface area contributed by atoms with E-state index in [4.69, 9.17) is 0 Å². The molecule has 0 aliphatic heterocycles. The quantitative estimate of drug-likeness (QED) is 0.775. The molecule has 1 nitrogen and oxygen atoms in total. The van der Waals surface area contributed by atoms with Gasteiger partial charge in [-0.1, -0.05) is 26.0 Å². The number of halogens is 6. The summed E-state index contributed by atoms with van der Waals surface area (Å²) in [5.41, 5.74) is -0.314.